The first-order valence-corrected chi connectivity index (χ1v) is 6.32. The number of primary amides is 1. The minimum absolute atomic E-state index is 0.113. The Morgan fingerprint density at radius 3 is 2.65 bits per heavy atom. The number of rotatable bonds is 6. The van der Waals surface area contributed by atoms with Gasteiger partial charge in [0.15, 0.2) is 6.61 Å². The Labute approximate surface area is 117 Å². The molecule has 6 heteroatoms. The van der Waals surface area contributed by atoms with Gasteiger partial charge in [0, 0.05) is 18.9 Å². The van der Waals surface area contributed by atoms with Crippen LogP contribution in [0.2, 0.25) is 0 Å². The maximum absolute atomic E-state index is 10.6. The molecule has 106 valence electrons. The van der Waals surface area contributed by atoms with E-state index in [0.717, 1.165) is 11.4 Å². The van der Waals surface area contributed by atoms with Crippen LogP contribution < -0.4 is 15.8 Å². The van der Waals surface area contributed by atoms with Crippen molar-refractivity contribution in [3.8, 4) is 5.75 Å². The lowest BCUT2D eigenvalue weighted by Gasteiger charge is -2.16. The average Bonchev–Trinajstić information content (AvgIpc) is 2.84. The SMILES string of the molecule is CC(Nc1ccc(OCC(N)=O)cc1)c1ccnn1C. The quantitative estimate of drug-likeness (QED) is 0.835. The zero-order valence-corrected chi connectivity index (χ0v) is 11.5. The Hall–Kier alpha value is -2.50. The van der Waals surface area contributed by atoms with Gasteiger partial charge >= 0.3 is 0 Å². The van der Waals surface area contributed by atoms with Crippen LogP contribution in [-0.2, 0) is 11.8 Å². The van der Waals surface area contributed by atoms with E-state index in [4.69, 9.17) is 10.5 Å². The summed E-state index contributed by atoms with van der Waals surface area (Å²) in [6, 6.07) is 9.48. The van der Waals surface area contributed by atoms with Gasteiger partial charge in [-0.2, -0.15) is 5.10 Å². The highest BCUT2D eigenvalue weighted by Crippen LogP contribution is 2.21. The second kappa shape index (κ2) is 6.10. The molecular formula is C14H18N4O2. The largest absolute Gasteiger partial charge is 0.484 e. The van der Waals surface area contributed by atoms with Crippen LogP contribution in [0.3, 0.4) is 0 Å². The van der Waals surface area contributed by atoms with Gasteiger partial charge in [-0.15, -0.1) is 0 Å². The lowest BCUT2D eigenvalue weighted by molar-refractivity contribution is -0.119. The Balaban J connectivity index is 1.97. The Kier molecular flexibility index (Phi) is 4.24. The van der Waals surface area contributed by atoms with E-state index in [1.807, 2.05) is 29.9 Å². The predicted octanol–water partition coefficient (Wildman–Crippen LogP) is 1.46. The van der Waals surface area contributed by atoms with E-state index in [1.54, 1.807) is 18.3 Å². The van der Waals surface area contributed by atoms with Gasteiger partial charge in [-0.25, -0.2) is 0 Å². The highest BCUT2D eigenvalue weighted by Gasteiger charge is 2.09. The molecule has 2 rings (SSSR count). The van der Waals surface area contributed by atoms with E-state index < -0.39 is 5.91 Å². The summed E-state index contributed by atoms with van der Waals surface area (Å²) in [7, 11) is 1.91. The summed E-state index contributed by atoms with van der Waals surface area (Å²) < 4.78 is 7.04. The zero-order valence-electron chi connectivity index (χ0n) is 11.5. The van der Waals surface area contributed by atoms with Gasteiger partial charge in [0.25, 0.3) is 5.91 Å². The van der Waals surface area contributed by atoms with Crippen molar-refractivity contribution in [1.29, 1.82) is 0 Å². The third-order valence-electron chi connectivity index (χ3n) is 2.92. The molecule has 1 unspecified atom stereocenters. The van der Waals surface area contributed by atoms with Crippen molar-refractivity contribution in [3.05, 3.63) is 42.2 Å². The molecule has 1 heterocycles. The van der Waals surface area contributed by atoms with Gasteiger partial charge in [-0.1, -0.05) is 0 Å². The van der Waals surface area contributed by atoms with Gasteiger partial charge in [0.2, 0.25) is 0 Å². The van der Waals surface area contributed by atoms with E-state index in [9.17, 15) is 4.79 Å². The number of nitrogens with zero attached hydrogens (tertiary/aromatic N) is 2. The van der Waals surface area contributed by atoms with E-state index in [1.165, 1.54) is 0 Å². The third-order valence-corrected chi connectivity index (χ3v) is 2.92. The van der Waals surface area contributed by atoms with Crippen LogP contribution in [0.1, 0.15) is 18.7 Å². The summed E-state index contributed by atoms with van der Waals surface area (Å²) >= 11 is 0. The van der Waals surface area contributed by atoms with Crippen LogP contribution in [0, 0.1) is 0 Å². The predicted molar refractivity (Wildman–Crippen MR) is 76.4 cm³/mol. The van der Waals surface area contributed by atoms with Crippen molar-refractivity contribution < 1.29 is 9.53 Å². The van der Waals surface area contributed by atoms with E-state index in [2.05, 4.69) is 17.3 Å². The summed E-state index contributed by atoms with van der Waals surface area (Å²) in [6.45, 7) is 1.95. The number of carbonyl (C=O) groups is 1. The first kappa shape index (κ1) is 13.9. The number of hydrogen-bond acceptors (Lipinski definition) is 4. The summed E-state index contributed by atoms with van der Waals surface area (Å²) in [5.41, 5.74) is 7.08. The molecular weight excluding hydrogens is 256 g/mol. The molecule has 6 nitrogen and oxygen atoms in total. The number of carbonyl (C=O) groups excluding carboxylic acids is 1. The molecule has 1 aromatic heterocycles. The molecule has 0 aliphatic heterocycles. The van der Waals surface area contributed by atoms with E-state index in [-0.39, 0.29) is 12.6 Å². The number of amides is 1. The van der Waals surface area contributed by atoms with E-state index in [0.29, 0.717) is 5.75 Å². The fourth-order valence-electron chi connectivity index (χ4n) is 1.93. The highest BCUT2D eigenvalue weighted by atomic mass is 16.5. The number of anilines is 1. The molecule has 20 heavy (non-hydrogen) atoms. The molecule has 0 aliphatic rings. The lowest BCUT2D eigenvalue weighted by atomic mass is 10.2. The lowest BCUT2D eigenvalue weighted by Crippen LogP contribution is -2.20. The molecule has 1 amide bonds. The van der Waals surface area contributed by atoms with Crippen molar-refractivity contribution >= 4 is 11.6 Å². The first-order valence-electron chi connectivity index (χ1n) is 6.32. The van der Waals surface area contributed by atoms with Crippen LogP contribution in [-0.4, -0.2) is 22.3 Å². The van der Waals surface area contributed by atoms with Crippen molar-refractivity contribution in [2.24, 2.45) is 12.8 Å². The molecule has 3 N–H and O–H groups in total. The van der Waals surface area contributed by atoms with Gasteiger partial charge in [0.1, 0.15) is 5.75 Å². The van der Waals surface area contributed by atoms with Gasteiger partial charge in [-0.3, -0.25) is 9.48 Å². The summed E-state index contributed by atoms with van der Waals surface area (Å²) in [5.74, 6) is 0.125. The molecule has 0 aliphatic carbocycles. The summed E-state index contributed by atoms with van der Waals surface area (Å²) in [5, 5.41) is 7.52. The van der Waals surface area contributed by atoms with Crippen LogP contribution in [0.5, 0.6) is 5.75 Å². The number of aryl methyl sites for hydroxylation is 1. The fourth-order valence-corrected chi connectivity index (χ4v) is 1.93. The number of benzene rings is 1. The zero-order chi connectivity index (χ0) is 14.5. The minimum Gasteiger partial charge on any atom is -0.484 e. The van der Waals surface area contributed by atoms with Gasteiger partial charge in [0.05, 0.1) is 11.7 Å². The number of aromatic nitrogens is 2. The molecule has 0 spiro atoms. The fraction of sp³-hybridized carbons (Fsp3) is 0.286. The summed E-state index contributed by atoms with van der Waals surface area (Å²) in [6.07, 6.45) is 1.77. The number of ether oxygens (including phenoxy) is 1. The number of nitrogens with one attached hydrogen (secondary N) is 1. The second-order valence-electron chi connectivity index (χ2n) is 4.53. The minimum atomic E-state index is -0.489. The van der Waals surface area contributed by atoms with Crippen LogP contribution in [0.4, 0.5) is 5.69 Å². The molecule has 0 fully saturated rings. The molecule has 1 atom stereocenters. The van der Waals surface area contributed by atoms with Gasteiger partial charge < -0.3 is 15.8 Å². The number of nitrogens with two attached hydrogens (primary N) is 1. The van der Waals surface area contributed by atoms with Crippen LogP contribution in [0.15, 0.2) is 36.5 Å². The first-order chi connectivity index (χ1) is 9.56. The molecule has 0 radical (unpaired) electrons. The highest BCUT2D eigenvalue weighted by molar-refractivity contribution is 5.75. The molecule has 0 saturated heterocycles. The Morgan fingerprint density at radius 1 is 1.40 bits per heavy atom. The monoisotopic (exact) mass is 274 g/mol. The molecule has 0 bridgehead atoms. The molecule has 1 aromatic carbocycles. The third kappa shape index (κ3) is 3.50. The summed E-state index contributed by atoms with van der Waals surface area (Å²) in [4.78, 5) is 10.6. The topological polar surface area (TPSA) is 82.2 Å². The Bertz CT molecular complexity index is 577. The van der Waals surface area contributed by atoms with Crippen molar-refractivity contribution in [3.63, 3.8) is 0 Å². The van der Waals surface area contributed by atoms with Crippen molar-refractivity contribution in [2.75, 3.05) is 11.9 Å². The van der Waals surface area contributed by atoms with Crippen LogP contribution >= 0.6 is 0 Å². The van der Waals surface area contributed by atoms with Crippen LogP contribution in [0.25, 0.3) is 0 Å². The van der Waals surface area contributed by atoms with Crippen molar-refractivity contribution in [2.45, 2.75) is 13.0 Å². The normalized spacial score (nSPS) is 11.9. The maximum Gasteiger partial charge on any atom is 0.255 e. The second-order valence-corrected chi connectivity index (χ2v) is 4.53. The molecule has 2 aromatic rings. The van der Waals surface area contributed by atoms with Gasteiger partial charge in [-0.05, 0) is 37.3 Å². The standard InChI is InChI=1S/C14H18N4O2/c1-10(13-7-8-16-18(13)2)17-11-3-5-12(6-4-11)20-9-14(15)19/h3-8,10,17H,9H2,1-2H3,(H2,15,19). The van der Waals surface area contributed by atoms with Crippen molar-refractivity contribution in [1.82, 2.24) is 9.78 Å². The number of hydrogen-bond donors (Lipinski definition) is 2. The maximum atomic E-state index is 10.6. The average molecular weight is 274 g/mol. The Morgan fingerprint density at radius 2 is 2.10 bits per heavy atom. The molecule has 0 saturated carbocycles. The smallest absolute Gasteiger partial charge is 0.255 e. The van der Waals surface area contributed by atoms with E-state index >= 15 is 0 Å².